The number of hydrogen-bond donors (Lipinski definition) is 1. The Kier molecular flexibility index (Phi) is 4.50. The third-order valence-electron chi connectivity index (χ3n) is 3.79. The standard InChI is InChI=1S/C16H16N6O.H2O/c17-16-20-14-13(15(21-16)22-6-8-23-9-7-22)19-12(10-18-14)11-4-2-1-3-5-11;/h1-5,10H,6-9H2,(H2,17,18,20,21);1H2. The number of nitrogens with two attached hydrogens (primary N) is 1. The molecule has 124 valence electrons. The van der Waals surface area contributed by atoms with Crippen molar-refractivity contribution >= 4 is 22.9 Å². The topological polar surface area (TPSA) is 122 Å². The summed E-state index contributed by atoms with van der Waals surface area (Å²) in [5, 5.41) is 0. The zero-order valence-corrected chi connectivity index (χ0v) is 13.0. The van der Waals surface area contributed by atoms with Gasteiger partial charge in [0.2, 0.25) is 5.95 Å². The van der Waals surface area contributed by atoms with E-state index in [1.807, 2.05) is 30.3 Å². The van der Waals surface area contributed by atoms with E-state index < -0.39 is 0 Å². The number of rotatable bonds is 2. The SMILES string of the molecule is Nc1nc(N2CCOCC2)c2nc(-c3ccccc3)cnc2n1.O. The summed E-state index contributed by atoms with van der Waals surface area (Å²) in [6.45, 7) is 2.83. The predicted octanol–water partition coefficient (Wildman–Crippen LogP) is 0.681. The first kappa shape index (κ1) is 16.0. The Morgan fingerprint density at radius 3 is 2.50 bits per heavy atom. The molecule has 0 amide bonds. The van der Waals surface area contributed by atoms with Gasteiger partial charge in [-0.15, -0.1) is 0 Å². The highest BCUT2D eigenvalue weighted by atomic mass is 16.5. The van der Waals surface area contributed by atoms with E-state index in [4.69, 9.17) is 15.5 Å². The van der Waals surface area contributed by atoms with Crippen molar-refractivity contribution in [2.24, 2.45) is 0 Å². The van der Waals surface area contributed by atoms with Gasteiger partial charge in [0.1, 0.15) is 0 Å². The quantitative estimate of drug-likeness (QED) is 0.734. The maximum Gasteiger partial charge on any atom is 0.224 e. The summed E-state index contributed by atoms with van der Waals surface area (Å²) in [6, 6.07) is 9.93. The summed E-state index contributed by atoms with van der Waals surface area (Å²) in [6.07, 6.45) is 1.72. The molecule has 1 aliphatic heterocycles. The molecule has 3 heterocycles. The van der Waals surface area contributed by atoms with Crippen molar-refractivity contribution in [1.29, 1.82) is 0 Å². The summed E-state index contributed by atoms with van der Waals surface area (Å²) in [7, 11) is 0. The monoisotopic (exact) mass is 326 g/mol. The Labute approximate surface area is 138 Å². The maximum atomic E-state index is 5.83. The molecule has 0 saturated carbocycles. The maximum absolute atomic E-state index is 5.83. The van der Waals surface area contributed by atoms with Crippen LogP contribution in [0.5, 0.6) is 0 Å². The number of hydrogen-bond acceptors (Lipinski definition) is 7. The van der Waals surface area contributed by atoms with Gasteiger partial charge in [-0.3, -0.25) is 0 Å². The van der Waals surface area contributed by atoms with Crippen LogP contribution in [0, 0.1) is 0 Å². The lowest BCUT2D eigenvalue weighted by Gasteiger charge is -2.28. The molecule has 2 aromatic heterocycles. The molecule has 0 aliphatic carbocycles. The molecule has 0 spiro atoms. The van der Waals surface area contributed by atoms with Crippen molar-refractivity contribution in [3.05, 3.63) is 36.5 Å². The van der Waals surface area contributed by atoms with Crippen molar-refractivity contribution < 1.29 is 10.2 Å². The second kappa shape index (κ2) is 6.73. The highest BCUT2D eigenvalue weighted by molar-refractivity contribution is 5.85. The summed E-state index contributed by atoms with van der Waals surface area (Å²) < 4.78 is 5.40. The average Bonchev–Trinajstić information content (AvgIpc) is 2.62. The van der Waals surface area contributed by atoms with Crippen molar-refractivity contribution in [3.8, 4) is 11.3 Å². The summed E-state index contributed by atoms with van der Waals surface area (Å²) in [4.78, 5) is 19.9. The normalized spacial score (nSPS) is 14.4. The van der Waals surface area contributed by atoms with Crippen LogP contribution in [0.25, 0.3) is 22.4 Å². The second-order valence-electron chi connectivity index (χ2n) is 5.30. The molecule has 1 aliphatic rings. The minimum absolute atomic E-state index is 0. The third kappa shape index (κ3) is 2.97. The molecule has 8 heteroatoms. The van der Waals surface area contributed by atoms with E-state index in [1.165, 1.54) is 0 Å². The largest absolute Gasteiger partial charge is 0.412 e. The fraction of sp³-hybridized carbons (Fsp3) is 0.250. The fourth-order valence-corrected chi connectivity index (χ4v) is 2.65. The number of nitrogen functional groups attached to an aromatic ring is 1. The molecule has 0 atom stereocenters. The Balaban J connectivity index is 0.00000169. The minimum Gasteiger partial charge on any atom is -0.412 e. The Morgan fingerprint density at radius 2 is 1.75 bits per heavy atom. The average molecular weight is 326 g/mol. The van der Waals surface area contributed by atoms with Gasteiger partial charge >= 0.3 is 0 Å². The third-order valence-corrected chi connectivity index (χ3v) is 3.79. The molecule has 24 heavy (non-hydrogen) atoms. The molecule has 4 N–H and O–H groups in total. The summed E-state index contributed by atoms with van der Waals surface area (Å²) in [5.74, 6) is 0.932. The predicted molar refractivity (Wildman–Crippen MR) is 91.6 cm³/mol. The molecular formula is C16H18N6O2. The van der Waals surface area contributed by atoms with Crippen LogP contribution in [0.15, 0.2) is 36.5 Å². The molecule has 0 unspecified atom stereocenters. The lowest BCUT2D eigenvalue weighted by atomic mass is 10.1. The van der Waals surface area contributed by atoms with Crippen LogP contribution in [-0.2, 0) is 4.74 Å². The van der Waals surface area contributed by atoms with Crippen LogP contribution in [0.3, 0.4) is 0 Å². The van der Waals surface area contributed by atoms with Gasteiger partial charge in [0.05, 0.1) is 25.1 Å². The number of ether oxygens (including phenoxy) is 1. The molecular weight excluding hydrogens is 308 g/mol. The van der Waals surface area contributed by atoms with E-state index >= 15 is 0 Å². The van der Waals surface area contributed by atoms with Crippen LogP contribution in [-0.4, -0.2) is 51.7 Å². The number of fused-ring (bicyclic) bond motifs is 1. The highest BCUT2D eigenvalue weighted by Crippen LogP contribution is 2.25. The van der Waals surface area contributed by atoms with Gasteiger partial charge in [-0.2, -0.15) is 9.97 Å². The Hall–Kier alpha value is -2.84. The van der Waals surface area contributed by atoms with Crippen molar-refractivity contribution in [1.82, 2.24) is 19.9 Å². The summed E-state index contributed by atoms with van der Waals surface area (Å²) >= 11 is 0. The summed E-state index contributed by atoms with van der Waals surface area (Å²) in [5.41, 5.74) is 8.81. The van der Waals surface area contributed by atoms with Gasteiger partial charge in [-0.1, -0.05) is 30.3 Å². The van der Waals surface area contributed by atoms with Crippen LogP contribution in [0.4, 0.5) is 11.8 Å². The number of nitrogens with zero attached hydrogens (tertiary/aromatic N) is 5. The zero-order chi connectivity index (χ0) is 15.6. The van der Waals surface area contributed by atoms with Crippen LogP contribution in [0.1, 0.15) is 0 Å². The Morgan fingerprint density at radius 1 is 1.00 bits per heavy atom. The number of benzene rings is 1. The van der Waals surface area contributed by atoms with Crippen LogP contribution in [0.2, 0.25) is 0 Å². The molecule has 0 radical (unpaired) electrons. The van der Waals surface area contributed by atoms with Gasteiger partial charge in [0, 0.05) is 18.7 Å². The number of aromatic nitrogens is 4. The first-order valence-corrected chi connectivity index (χ1v) is 7.49. The van der Waals surface area contributed by atoms with Gasteiger partial charge < -0.3 is 20.8 Å². The number of morpholine rings is 1. The van der Waals surface area contributed by atoms with E-state index in [1.54, 1.807) is 6.20 Å². The highest BCUT2D eigenvalue weighted by Gasteiger charge is 2.19. The lowest BCUT2D eigenvalue weighted by molar-refractivity contribution is 0.122. The fourth-order valence-electron chi connectivity index (χ4n) is 2.65. The van der Waals surface area contributed by atoms with E-state index in [2.05, 4.69) is 19.9 Å². The molecule has 8 nitrogen and oxygen atoms in total. The lowest BCUT2D eigenvalue weighted by Crippen LogP contribution is -2.37. The van der Waals surface area contributed by atoms with Gasteiger partial charge in [0.25, 0.3) is 0 Å². The molecule has 1 saturated heterocycles. The molecule has 0 bridgehead atoms. The first-order chi connectivity index (χ1) is 11.3. The van der Waals surface area contributed by atoms with Crippen LogP contribution < -0.4 is 10.6 Å². The van der Waals surface area contributed by atoms with Crippen LogP contribution >= 0.6 is 0 Å². The van der Waals surface area contributed by atoms with Gasteiger partial charge in [-0.05, 0) is 0 Å². The smallest absolute Gasteiger partial charge is 0.224 e. The van der Waals surface area contributed by atoms with Crippen molar-refractivity contribution in [2.75, 3.05) is 36.9 Å². The van der Waals surface area contributed by atoms with E-state index in [-0.39, 0.29) is 11.4 Å². The molecule has 3 aromatic rings. The molecule has 1 fully saturated rings. The van der Waals surface area contributed by atoms with Gasteiger partial charge in [0.15, 0.2) is 17.0 Å². The van der Waals surface area contributed by atoms with Crippen molar-refractivity contribution in [2.45, 2.75) is 0 Å². The van der Waals surface area contributed by atoms with E-state index in [0.717, 1.165) is 30.2 Å². The first-order valence-electron chi connectivity index (χ1n) is 7.49. The van der Waals surface area contributed by atoms with Gasteiger partial charge in [-0.25, -0.2) is 9.97 Å². The Bertz CT molecular complexity index is 837. The second-order valence-corrected chi connectivity index (χ2v) is 5.30. The molecule has 1 aromatic carbocycles. The van der Waals surface area contributed by atoms with E-state index in [9.17, 15) is 0 Å². The van der Waals surface area contributed by atoms with Crippen molar-refractivity contribution in [3.63, 3.8) is 0 Å². The number of anilines is 2. The van der Waals surface area contributed by atoms with E-state index in [0.29, 0.717) is 24.4 Å². The zero-order valence-electron chi connectivity index (χ0n) is 13.0. The molecule has 4 rings (SSSR count). The minimum atomic E-state index is 0.